The summed E-state index contributed by atoms with van der Waals surface area (Å²) < 4.78 is 1.35. The van der Waals surface area contributed by atoms with Gasteiger partial charge in [-0.15, -0.1) is 0 Å². The molecular weight excluding hydrogens is 282 g/mol. The summed E-state index contributed by atoms with van der Waals surface area (Å²) >= 11 is 10.8. The highest BCUT2D eigenvalue weighted by atomic mass is 35.5. The maximum absolute atomic E-state index is 12.0. The van der Waals surface area contributed by atoms with Crippen LogP contribution in [0.25, 0.3) is 11.3 Å². The molecule has 1 heterocycles. The van der Waals surface area contributed by atoms with E-state index in [1.807, 2.05) is 19.1 Å². The molecule has 0 saturated heterocycles. The minimum atomic E-state index is -0.271. The van der Waals surface area contributed by atoms with Gasteiger partial charge in [-0.2, -0.15) is 5.10 Å². The van der Waals surface area contributed by atoms with Gasteiger partial charge in [-0.1, -0.05) is 36.0 Å². The minimum Gasteiger partial charge on any atom is -0.389 e. The van der Waals surface area contributed by atoms with Crippen molar-refractivity contribution in [2.75, 3.05) is 0 Å². The standard InChI is InChI=1S/C13H12ClN3OS/c1-2-17-13(18)10(12(15)19)7-11(16-17)8-3-5-9(14)6-4-8/h3-7H,2H2,1H3,(H2,15,19). The van der Waals surface area contributed by atoms with Gasteiger partial charge in [0.2, 0.25) is 0 Å². The number of nitrogens with two attached hydrogens (primary N) is 1. The van der Waals surface area contributed by atoms with Crippen LogP contribution in [0.1, 0.15) is 12.5 Å². The van der Waals surface area contributed by atoms with Crippen molar-refractivity contribution in [2.45, 2.75) is 13.5 Å². The lowest BCUT2D eigenvalue weighted by atomic mass is 10.1. The Morgan fingerprint density at radius 3 is 2.58 bits per heavy atom. The van der Waals surface area contributed by atoms with Crippen molar-refractivity contribution in [2.24, 2.45) is 5.73 Å². The molecule has 1 aromatic heterocycles. The Balaban J connectivity index is 2.64. The van der Waals surface area contributed by atoms with Crippen molar-refractivity contribution in [1.82, 2.24) is 9.78 Å². The van der Waals surface area contributed by atoms with Crippen molar-refractivity contribution < 1.29 is 0 Å². The van der Waals surface area contributed by atoms with E-state index in [1.165, 1.54) is 4.68 Å². The molecule has 0 spiro atoms. The van der Waals surface area contributed by atoms with Crippen LogP contribution in [0.2, 0.25) is 5.02 Å². The van der Waals surface area contributed by atoms with Gasteiger partial charge in [0.1, 0.15) is 4.99 Å². The second kappa shape index (κ2) is 5.50. The fourth-order valence-corrected chi connectivity index (χ4v) is 1.97. The molecule has 2 aromatic rings. The average Bonchev–Trinajstić information content (AvgIpc) is 2.39. The molecule has 0 saturated carbocycles. The molecule has 6 heteroatoms. The molecule has 0 radical (unpaired) electrons. The van der Waals surface area contributed by atoms with Crippen LogP contribution < -0.4 is 11.3 Å². The summed E-state index contributed by atoms with van der Waals surface area (Å²) in [5.74, 6) is 0. The lowest BCUT2D eigenvalue weighted by molar-refractivity contribution is 0.618. The monoisotopic (exact) mass is 293 g/mol. The first-order valence-corrected chi connectivity index (χ1v) is 6.49. The van der Waals surface area contributed by atoms with Gasteiger partial charge in [-0.05, 0) is 25.1 Å². The number of aryl methyl sites for hydroxylation is 1. The Kier molecular flexibility index (Phi) is 3.97. The van der Waals surface area contributed by atoms with Gasteiger partial charge in [0.15, 0.2) is 0 Å². The molecule has 0 atom stereocenters. The molecule has 0 fully saturated rings. The van der Waals surface area contributed by atoms with Crippen molar-refractivity contribution >= 4 is 28.8 Å². The first-order chi connectivity index (χ1) is 9.02. The van der Waals surface area contributed by atoms with E-state index < -0.39 is 0 Å². The molecule has 0 unspecified atom stereocenters. The number of hydrogen-bond donors (Lipinski definition) is 1. The summed E-state index contributed by atoms with van der Waals surface area (Å²) in [4.78, 5) is 12.1. The van der Waals surface area contributed by atoms with E-state index in [0.29, 0.717) is 22.8 Å². The Hall–Kier alpha value is -1.72. The predicted octanol–water partition coefficient (Wildman–Crippen LogP) is 2.22. The number of halogens is 1. The fourth-order valence-electron chi connectivity index (χ4n) is 1.69. The van der Waals surface area contributed by atoms with Crippen molar-refractivity contribution in [1.29, 1.82) is 0 Å². The van der Waals surface area contributed by atoms with E-state index in [1.54, 1.807) is 18.2 Å². The number of benzene rings is 1. The Morgan fingerprint density at radius 1 is 1.42 bits per heavy atom. The van der Waals surface area contributed by atoms with E-state index in [0.717, 1.165) is 5.56 Å². The maximum Gasteiger partial charge on any atom is 0.277 e. The molecule has 1 aromatic carbocycles. The van der Waals surface area contributed by atoms with E-state index in [4.69, 9.17) is 29.6 Å². The number of aromatic nitrogens is 2. The van der Waals surface area contributed by atoms with Gasteiger partial charge < -0.3 is 5.73 Å². The van der Waals surface area contributed by atoms with Crippen LogP contribution in [0.15, 0.2) is 35.1 Å². The molecule has 0 aliphatic rings. The van der Waals surface area contributed by atoms with Gasteiger partial charge in [0, 0.05) is 17.1 Å². The van der Waals surface area contributed by atoms with Crippen LogP contribution in [0.3, 0.4) is 0 Å². The zero-order chi connectivity index (χ0) is 14.0. The van der Waals surface area contributed by atoms with Crippen LogP contribution in [0, 0.1) is 0 Å². The second-order valence-electron chi connectivity index (χ2n) is 3.94. The molecule has 19 heavy (non-hydrogen) atoms. The van der Waals surface area contributed by atoms with Crippen LogP contribution in [0.4, 0.5) is 0 Å². The van der Waals surface area contributed by atoms with Gasteiger partial charge in [0.05, 0.1) is 11.3 Å². The largest absolute Gasteiger partial charge is 0.389 e. The first-order valence-electron chi connectivity index (χ1n) is 5.71. The average molecular weight is 294 g/mol. The van der Waals surface area contributed by atoms with Crippen molar-refractivity contribution in [3.8, 4) is 11.3 Å². The van der Waals surface area contributed by atoms with E-state index >= 15 is 0 Å². The number of hydrogen-bond acceptors (Lipinski definition) is 3. The number of thiocarbonyl (C=S) groups is 1. The van der Waals surface area contributed by atoms with Crippen LogP contribution in [-0.4, -0.2) is 14.8 Å². The molecule has 4 nitrogen and oxygen atoms in total. The van der Waals surface area contributed by atoms with Gasteiger partial charge in [-0.25, -0.2) is 4.68 Å². The highest BCUT2D eigenvalue weighted by Gasteiger charge is 2.11. The Bertz CT molecular complexity index is 679. The third-order valence-electron chi connectivity index (χ3n) is 2.68. The third kappa shape index (κ3) is 2.83. The molecule has 2 N–H and O–H groups in total. The molecule has 98 valence electrons. The smallest absolute Gasteiger partial charge is 0.277 e. The van der Waals surface area contributed by atoms with Gasteiger partial charge in [0.25, 0.3) is 5.56 Å². The van der Waals surface area contributed by atoms with Crippen LogP contribution >= 0.6 is 23.8 Å². The topological polar surface area (TPSA) is 60.9 Å². The molecule has 0 aliphatic carbocycles. The first kappa shape index (κ1) is 13.7. The fraction of sp³-hybridized carbons (Fsp3) is 0.154. The van der Waals surface area contributed by atoms with Gasteiger partial charge >= 0.3 is 0 Å². The highest BCUT2D eigenvalue weighted by molar-refractivity contribution is 7.80. The Labute approximate surface area is 120 Å². The van der Waals surface area contributed by atoms with E-state index in [9.17, 15) is 4.79 Å². The summed E-state index contributed by atoms with van der Waals surface area (Å²) in [5, 5.41) is 4.92. The minimum absolute atomic E-state index is 0.0739. The van der Waals surface area contributed by atoms with Crippen LogP contribution in [0.5, 0.6) is 0 Å². The SMILES string of the molecule is CCn1nc(-c2ccc(Cl)cc2)cc(C(N)=S)c1=O. The normalized spacial score (nSPS) is 10.4. The number of rotatable bonds is 3. The maximum atomic E-state index is 12.0. The zero-order valence-corrected chi connectivity index (χ0v) is 11.8. The molecule has 0 bridgehead atoms. The lowest BCUT2D eigenvalue weighted by Gasteiger charge is -2.08. The summed E-state index contributed by atoms with van der Waals surface area (Å²) in [6.45, 7) is 2.29. The third-order valence-corrected chi connectivity index (χ3v) is 3.15. The lowest BCUT2D eigenvalue weighted by Crippen LogP contribution is -2.30. The highest BCUT2D eigenvalue weighted by Crippen LogP contribution is 2.19. The van der Waals surface area contributed by atoms with Crippen molar-refractivity contribution in [3.63, 3.8) is 0 Å². The number of nitrogens with zero attached hydrogens (tertiary/aromatic N) is 2. The van der Waals surface area contributed by atoms with Crippen LogP contribution in [-0.2, 0) is 6.54 Å². The molecule has 0 aliphatic heterocycles. The predicted molar refractivity (Wildman–Crippen MR) is 80.5 cm³/mol. The molecular formula is C13H12ClN3OS. The van der Waals surface area contributed by atoms with Gasteiger partial charge in [-0.3, -0.25) is 4.79 Å². The summed E-state index contributed by atoms with van der Waals surface area (Å²) in [6.07, 6.45) is 0. The quantitative estimate of drug-likeness (QED) is 0.882. The summed E-state index contributed by atoms with van der Waals surface area (Å²) in [5.41, 5.74) is 7.10. The molecule has 0 amide bonds. The summed E-state index contributed by atoms with van der Waals surface area (Å²) in [7, 11) is 0. The second-order valence-corrected chi connectivity index (χ2v) is 4.81. The summed E-state index contributed by atoms with van der Waals surface area (Å²) in [6, 6.07) is 8.80. The Morgan fingerprint density at radius 2 is 2.05 bits per heavy atom. The van der Waals surface area contributed by atoms with Crippen molar-refractivity contribution in [3.05, 3.63) is 51.3 Å². The zero-order valence-electron chi connectivity index (χ0n) is 10.3. The van der Waals surface area contributed by atoms with E-state index in [-0.39, 0.29) is 10.5 Å². The molecule has 2 rings (SSSR count). The van der Waals surface area contributed by atoms with E-state index in [2.05, 4.69) is 5.10 Å².